The lowest BCUT2D eigenvalue weighted by molar-refractivity contribution is 0.436. The molecule has 0 atom stereocenters. The third kappa shape index (κ3) is 1.17. The molecular weight excluding hydrogens is 118 g/mol. The molecule has 1 aliphatic rings. The number of rotatable bonds is 0. The average Bonchev–Trinajstić information content (AvgIpc) is 1.80. The summed E-state index contributed by atoms with van der Waals surface area (Å²) in [6, 6.07) is 0. The van der Waals surface area contributed by atoms with Gasteiger partial charge in [-0.05, 0) is 0 Å². The Labute approximate surface area is 52.8 Å². The molecule has 0 aliphatic carbocycles. The highest BCUT2D eigenvalue weighted by Crippen LogP contribution is 1.95. The Hall–Kier alpha value is -1.10. The van der Waals surface area contributed by atoms with Crippen molar-refractivity contribution in [2.45, 2.75) is 6.42 Å². The fraction of sp³-hybridized carbons (Fsp3) is 0.500. The summed E-state index contributed by atoms with van der Waals surface area (Å²) < 4.78 is 0. The van der Waals surface area contributed by atoms with Crippen molar-refractivity contribution in [1.29, 1.82) is 5.41 Å². The van der Waals surface area contributed by atoms with E-state index in [9.17, 15) is 0 Å². The van der Waals surface area contributed by atoms with Gasteiger partial charge in [0, 0.05) is 13.0 Å². The second-order valence-corrected chi connectivity index (χ2v) is 1.87. The molecule has 50 valence electrons. The summed E-state index contributed by atoms with van der Waals surface area (Å²) in [6.07, 6.45) is 0.652. The molecule has 0 fully saturated rings. The van der Waals surface area contributed by atoms with E-state index in [1.807, 2.05) is 0 Å². The maximum atomic E-state index is 7.06. The van der Waals surface area contributed by atoms with Gasteiger partial charge in [-0.1, -0.05) is 0 Å². The van der Waals surface area contributed by atoms with Crippen LogP contribution in [0.15, 0.2) is 4.99 Å². The molecule has 5 nitrogen and oxygen atoms in total. The summed E-state index contributed by atoms with van der Waals surface area (Å²) in [6.45, 7) is 0.591. The minimum atomic E-state index is 0.0405. The molecule has 5 N–H and O–H groups in total. The number of guanidine groups is 1. The highest BCUT2D eigenvalue weighted by molar-refractivity contribution is 5.95. The Balaban J connectivity index is 2.70. The topological polar surface area (TPSA) is 91.5 Å². The van der Waals surface area contributed by atoms with Crippen molar-refractivity contribution in [3.05, 3.63) is 0 Å². The Morgan fingerprint density at radius 3 is 2.78 bits per heavy atom. The van der Waals surface area contributed by atoms with Crippen LogP contribution in [-0.4, -0.2) is 23.3 Å². The van der Waals surface area contributed by atoms with Gasteiger partial charge in [-0.3, -0.25) is 10.4 Å². The molecule has 0 aromatic heterocycles. The third-order valence-electron chi connectivity index (χ3n) is 1.13. The number of hydrogen-bond donors (Lipinski definition) is 3. The molecule has 5 heteroatoms. The zero-order chi connectivity index (χ0) is 6.85. The summed E-state index contributed by atoms with van der Waals surface area (Å²) in [5.41, 5.74) is 5.31. The van der Waals surface area contributed by atoms with Crippen molar-refractivity contribution in [3.63, 3.8) is 0 Å². The number of amidine groups is 1. The first-order valence-electron chi connectivity index (χ1n) is 2.64. The Morgan fingerprint density at radius 2 is 2.33 bits per heavy atom. The quantitative estimate of drug-likeness (QED) is 0.359. The van der Waals surface area contributed by atoms with Gasteiger partial charge in [-0.2, -0.15) is 4.99 Å². The fourth-order valence-corrected chi connectivity index (χ4v) is 0.597. The number of hydrogen-bond acceptors (Lipinski definition) is 3. The lowest BCUT2D eigenvalue weighted by atomic mass is 10.3. The summed E-state index contributed by atoms with van der Waals surface area (Å²) in [5, 5.41) is 8.32. The standard InChI is InChI=1S/C4H9N5/c5-3-1-2-9(7)4(6)8-3/h1-2,7H2,(H3,5,6,8). The van der Waals surface area contributed by atoms with Crippen molar-refractivity contribution in [3.8, 4) is 0 Å². The first kappa shape index (κ1) is 6.03. The molecule has 0 amide bonds. The van der Waals surface area contributed by atoms with Crippen molar-refractivity contribution >= 4 is 11.8 Å². The van der Waals surface area contributed by atoms with Gasteiger partial charge < -0.3 is 5.73 Å². The number of nitrogens with two attached hydrogens (primary N) is 2. The number of nitrogens with zero attached hydrogens (tertiary/aromatic N) is 2. The molecule has 0 unspecified atom stereocenters. The maximum absolute atomic E-state index is 7.06. The number of nitrogens with one attached hydrogen (secondary N) is 1. The zero-order valence-electron chi connectivity index (χ0n) is 4.96. The number of hydrazine groups is 1. The van der Waals surface area contributed by atoms with E-state index >= 15 is 0 Å². The minimum Gasteiger partial charge on any atom is -0.387 e. The highest BCUT2D eigenvalue weighted by Gasteiger charge is 2.10. The normalized spacial score (nSPS) is 19.9. The van der Waals surface area contributed by atoms with Crippen molar-refractivity contribution in [2.75, 3.05) is 6.54 Å². The Morgan fingerprint density at radius 1 is 1.67 bits per heavy atom. The molecule has 0 bridgehead atoms. The molecular formula is C4H9N5. The van der Waals surface area contributed by atoms with E-state index in [-0.39, 0.29) is 5.96 Å². The van der Waals surface area contributed by atoms with Crippen LogP contribution in [0.3, 0.4) is 0 Å². The molecule has 0 spiro atoms. The molecule has 0 saturated carbocycles. The van der Waals surface area contributed by atoms with Crippen LogP contribution < -0.4 is 11.6 Å². The van der Waals surface area contributed by atoms with Gasteiger partial charge in [-0.25, -0.2) is 5.84 Å². The van der Waals surface area contributed by atoms with Crippen LogP contribution in [0.2, 0.25) is 0 Å². The van der Waals surface area contributed by atoms with E-state index in [4.69, 9.17) is 17.0 Å². The fourth-order valence-electron chi connectivity index (χ4n) is 0.597. The molecule has 9 heavy (non-hydrogen) atoms. The van der Waals surface area contributed by atoms with Crippen LogP contribution in [0.4, 0.5) is 0 Å². The SMILES string of the molecule is N=C1N=C(N)CCN1N. The first-order valence-corrected chi connectivity index (χ1v) is 2.64. The largest absolute Gasteiger partial charge is 0.387 e. The summed E-state index contributed by atoms with van der Waals surface area (Å²) in [7, 11) is 0. The lowest BCUT2D eigenvalue weighted by Crippen LogP contribution is -2.42. The number of aliphatic imine (C=N–C) groups is 1. The van der Waals surface area contributed by atoms with Gasteiger partial charge in [0.1, 0.15) is 5.84 Å². The minimum absolute atomic E-state index is 0.0405. The van der Waals surface area contributed by atoms with Crippen LogP contribution in [0.25, 0.3) is 0 Å². The summed E-state index contributed by atoms with van der Waals surface area (Å²) >= 11 is 0. The molecule has 1 heterocycles. The predicted molar refractivity (Wildman–Crippen MR) is 34.9 cm³/mol. The Kier molecular flexibility index (Phi) is 1.35. The average molecular weight is 127 g/mol. The zero-order valence-corrected chi connectivity index (χ0v) is 4.96. The van der Waals surface area contributed by atoms with Crippen molar-refractivity contribution in [2.24, 2.45) is 16.6 Å². The second kappa shape index (κ2) is 2.02. The summed E-state index contributed by atoms with van der Waals surface area (Å²) in [4.78, 5) is 3.64. The molecule has 0 aromatic rings. The first-order chi connectivity index (χ1) is 4.20. The maximum Gasteiger partial charge on any atom is 0.233 e. The molecule has 1 rings (SSSR count). The van der Waals surface area contributed by atoms with E-state index in [2.05, 4.69) is 4.99 Å². The predicted octanol–water partition coefficient (Wildman–Crippen LogP) is -1.14. The summed E-state index contributed by atoms with van der Waals surface area (Å²) in [5.74, 6) is 5.81. The molecule has 1 aliphatic heterocycles. The van der Waals surface area contributed by atoms with Crippen molar-refractivity contribution < 1.29 is 0 Å². The molecule has 0 radical (unpaired) electrons. The van der Waals surface area contributed by atoms with E-state index in [0.29, 0.717) is 18.8 Å². The van der Waals surface area contributed by atoms with Crippen LogP contribution in [-0.2, 0) is 0 Å². The van der Waals surface area contributed by atoms with E-state index in [1.54, 1.807) is 0 Å². The smallest absolute Gasteiger partial charge is 0.233 e. The molecule has 0 aromatic carbocycles. The third-order valence-corrected chi connectivity index (χ3v) is 1.13. The van der Waals surface area contributed by atoms with Crippen LogP contribution in [0, 0.1) is 5.41 Å². The Bertz CT molecular complexity index is 160. The lowest BCUT2D eigenvalue weighted by Gasteiger charge is -2.20. The monoisotopic (exact) mass is 127 g/mol. The van der Waals surface area contributed by atoms with E-state index in [1.165, 1.54) is 5.01 Å². The second-order valence-electron chi connectivity index (χ2n) is 1.87. The van der Waals surface area contributed by atoms with E-state index < -0.39 is 0 Å². The van der Waals surface area contributed by atoms with Gasteiger partial charge in [-0.15, -0.1) is 0 Å². The van der Waals surface area contributed by atoms with Crippen LogP contribution >= 0.6 is 0 Å². The van der Waals surface area contributed by atoms with Gasteiger partial charge in [0.05, 0.1) is 0 Å². The van der Waals surface area contributed by atoms with Crippen LogP contribution in [0.1, 0.15) is 6.42 Å². The van der Waals surface area contributed by atoms with Gasteiger partial charge in [0.25, 0.3) is 0 Å². The van der Waals surface area contributed by atoms with Gasteiger partial charge in [0.2, 0.25) is 5.96 Å². The van der Waals surface area contributed by atoms with E-state index in [0.717, 1.165) is 0 Å². The highest BCUT2D eigenvalue weighted by atomic mass is 15.5. The van der Waals surface area contributed by atoms with Crippen molar-refractivity contribution in [1.82, 2.24) is 5.01 Å². The van der Waals surface area contributed by atoms with Crippen LogP contribution in [0.5, 0.6) is 0 Å². The van der Waals surface area contributed by atoms with Gasteiger partial charge >= 0.3 is 0 Å². The van der Waals surface area contributed by atoms with Gasteiger partial charge in [0.15, 0.2) is 0 Å². The molecule has 0 saturated heterocycles.